The highest BCUT2D eigenvalue weighted by Crippen LogP contribution is 2.09. The highest BCUT2D eigenvalue weighted by Gasteiger charge is 2.17. The van der Waals surface area contributed by atoms with Gasteiger partial charge in [0.05, 0.1) is 11.4 Å². The molecule has 0 spiro atoms. The molecular formula is C13H16N4O4S2. The first-order valence-corrected chi connectivity index (χ1v) is 9.27. The van der Waals surface area contributed by atoms with Crippen molar-refractivity contribution in [2.24, 2.45) is 10.1 Å². The monoisotopic (exact) mass is 356 g/mol. The van der Waals surface area contributed by atoms with E-state index in [2.05, 4.69) is 15.6 Å². The van der Waals surface area contributed by atoms with Gasteiger partial charge in [0.2, 0.25) is 10.0 Å². The molecule has 1 aromatic carbocycles. The number of hydrogen-bond donors (Lipinski definition) is 3. The van der Waals surface area contributed by atoms with Crippen LogP contribution in [0.5, 0.6) is 0 Å². The molecule has 0 bridgehead atoms. The predicted molar refractivity (Wildman–Crippen MR) is 87.4 cm³/mol. The molecule has 0 atom stereocenters. The van der Waals surface area contributed by atoms with Gasteiger partial charge in [0, 0.05) is 12.3 Å². The van der Waals surface area contributed by atoms with Crippen molar-refractivity contribution in [1.29, 1.82) is 0 Å². The summed E-state index contributed by atoms with van der Waals surface area (Å²) in [6, 6.07) is 6.01. The number of carbonyl (C=O) groups excluding carboxylic acids is 2. The summed E-state index contributed by atoms with van der Waals surface area (Å²) in [6.45, 7) is 0.886. The van der Waals surface area contributed by atoms with Gasteiger partial charge in [-0.15, -0.1) is 0 Å². The Labute approximate surface area is 138 Å². The first-order valence-electron chi connectivity index (χ1n) is 6.74. The number of amides is 2. The lowest BCUT2D eigenvalue weighted by Gasteiger charge is -2.06. The van der Waals surface area contributed by atoms with Crippen molar-refractivity contribution in [1.82, 2.24) is 10.6 Å². The van der Waals surface area contributed by atoms with Gasteiger partial charge in [0.25, 0.3) is 0 Å². The fraction of sp³-hybridized carbons (Fsp3) is 0.308. The largest absolute Gasteiger partial charge is 0.347 e. The Morgan fingerprint density at radius 1 is 1.22 bits per heavy atom. The zero-order valence-electron chi connectivity index (χ0n) is 12.1. The fourth-order valence-electron chi connectivity index (χ4n) is 1.81. The molecule has 0 aromatic heterocycles. The number of thioether (sulfide) groups is 1. The van der Waals surface area contributed by atoms with E-state index in [-0.39, 0.29) is 11.4 Å². The smallest absolute Gasteiger partial charge is 0.315 e. The Morgan fingerprint density at radius 3 is 2.48 bits per heavy atom. The van der Waals surface area contributed by atoms with Crippen LogP contribution < -0.4 is 15.8 Å². The Morgan fingerprint density at radius 2 is 1.91 bits per heavy atom. The van der Waals surface area contributed by atoms with E-state index >= 15 is 0 Å². The van der Waals surface area contributed by atoms with E-state index in [0.717, 1.165) is 11.3 Å². The van der Waals surface area contributed by atoms with Crippen molar-refractivity contribution >= 4 is 38.8 Å². The predicted octanol–water partition coefficient (Wildman–Crippen LogP) is -0.788. The molecule has 4 N–H and O–H groups in total. The van der Waals surface area contributed by atoms with Gasteiger partial charge in [-0.2, -0.15) is 0 Å². The van der Waals surface area contributed by atoms with Crippen LogP contribution in [-0.2, 0) is 26.0 Å². The van der Waals surface area contributed by atoms with E-state index < -0.39 is 21.8 Å². The van der Waals surface area contributed by atoms with Crippen molar-refractivity contribution in [2.75, 3.05) is 18.8 Å². The van der Waals surface area contributed by atoms with Crippen LogP contribution in [0, 0.1) is 0 Å². The van der Waals surface area contributed by atoms with E-state index in [4.69, 9.17) is 5.14 Å². The molecule has 1 aliphatic heterocycles. The van der Waals surface area contributed by atoms with Crippen LogP contribution >= 0.6 is 11.8 Å². The molecule has 2 amide bonds. The minimum Gasteiger partial charge on any atom is -0.347 e. The Kier molecular flexibility index (Phi) is 5.74. The normalized spacial score (nSPS) is 14.2. The standard InChI is InChI=1S/C13H16N4O4S2/c14-23(20,21)10-3-1-9(2-4-10)5-6-15-11(18)12(19)17-13-16-7-8-22-13/h1-4H,5-8H2,(H,15,18)(H2,14,20,21)(H,16,17,19). The van der Waals surface area contributed by atoms with Crippen LogP contribution in [0.25, 0.3) is 0 Å². The molecule has 0 aliphatic carbocycles. The summed E-state index contributed by atoms with van der Waals surface area (Å²) in [4.78, 5) is 27.3. The maximum atomic E-state index is 11.6. The third-order valence-corrected chi connectivity index (χ3v) is 4.78. The number of nitrogens with one attached hydrogen (secondary N) is 2. The zero-order valence-corrected chi connectivity index (χ0v) is 13.7. The molecule has 1 heterocycles. The molecule has 0 radical (unpaired) electrons. The van der Waals surface area contributed by atoms with Gasteiger partial charge in [0.1, 0.15) is 0 Å². The van der Waals surface area contributed by atoms with Crippen LogP contribution in [0.15, 0.2) is 34.2 Å². The summed E-state index contributed by atoms with van der Waals surface area (Å²) < 4.78 is 22.3. The average molecular weight is 356 g/mol. The van der Waals surface area contributed by atoms with Crippen LogP contribution in [0.2, 0.25) is 0 Å². The number of nitrogens with zero attached hydrogens (tertiary/aromatic N) is 1. The second-order valence-electron chi connectivity index (χ2n) is 4.68. The molecule has 0 unspecified atom stereocenters. The molecular weight excluding hydrogens is 340 g/mol. The van der Waals surface area contributed by atoms with Gasteiger partial charge < -0.3 is 5.32 Å². The maximum Gasteiger partial charge on any atom is 0.315 e. The number of amidine groups is 1. The lowest BCUT2D eigenvalue weighted by Crippen LogP contribution is -2.42. The number of nitrogens with two attached hydrogens (primary N) is 1. The molecule has 1 aliphatic rings. The number of rotatable bonds is 4. The number of benzene rings is 1. The summed E-state index contributed by atoms with van der Waals surface area (Å²) in [5.74, 6) is -0.685. The molecule has 23 heavy (non-hydrogen) atoms. The van der Waals surface area contributed by atoms with E-state index in [1.54, 1.807) is 12.1 Å². The highest BCUT2D eigenvalue weighted by atomic mass is 32.2. The third kappa shape index (κ3) is 5.34. The Hall–Kier alpha value is -1.91. The van der Waals surface area contributed by atoms with Crippen molar-refractivity contribution in [2.45, 2.75) is 11.3 Å². The summed E-state index contributed by atoms with van der Waals surface area (Å²) in [6.07, 6.45) is 0.458. The number of sulfonamides is 1. The van der Waals surface area contributed by atoms with E-state index in [1.807, 2.05) is 0 Å². The van der Waals surface area contributed by atoms with Crippen molar-refractivity contribution in [3.8, 4) is 0 Å². The molecule has 0 saturated carbocycles. The SMILES string of the molecule is NS(=O)(=O)c1ccc(CCNC(=O)C(=O)NC2=NCCS2)cc1. The highest BCUT2D eigenvalue weighted by molar-refractivity contribution is 8.14. The van der Waals surface area contributed by atoms with E-state index in [1.165, 1.54) is 23.9 Å². The summed E-state index contributed by atoms with van der Waals surface area (Å²) in [7, 11) is -3.71. The van der Waals surface area contributed by atoms with Crippen LogP contribution in [0.4, 0.5) is 0 Å². The van der Waals surface area contributed by atoms with Gasteiger partial charge in [-0.05, 0) is 24.1 Å². The second-order valence-corrected chi connectivity index (χ2v) is 7.33. The molecule has 1 aromatic rings. The molecule has 10 heteroatoms. The first kappa shape index (κ1) is 17.4. The summed E-state index contributed by atoms with van der Waals surface area (Å²) >= 11 is 1.39. The van der Waals surface area contributed by atoms with Crippen molar-refractivity contribution in [3.05, 3.63) is 29.8 Å². The lowest BCUT2D eigenvalue weighted by molar-refractivity contribution is -0.138. The number of hydrogen-bond acceptors (Lipinski definition) is 6. The minimum atomic E-state index is -3.71. The number of primary sulfonamides is 1. The molecule has 124 valence electrons. The number of carbonyl (C=O) groups is 2. The van der Waals surface area contributed by atoms with Gasteiger partial charge >= 0.3 is 11.8 Å². The van der Waals surface area contributed by atoms with Crippen LogP contribution in [-0.4, -0.2) is 44.2 Å². The van der Waals surface area contributed by atoms with Crippen molar-refractivity contribution < 1.29 is 18.0 Å². The lowest BCUT2D eigenvalue weighted by atomic mass is 10.1. The maximum absolute atomic E-state index is 11.6. The summed E-state index contributed by atoms with van der Waals surface area (Å²) in [5, 5.41) is 10.4. The molecule has 0 fully saturated rings. The fourth-order valence-corrected chi connectivity index (χ4v) is 3.05. The average Bonchev–Trinajstić information content (AvgIpc) is 2.99. The number of aliphatic imine (C=N–C) groups is 1. The van der Waals surface area contributed by atoms with Crippen molar-refractivity contribution in [3.63, 3.8) is 0 Å². The van der Waals surface area contributed by atoms with Gasteiger partial charge in [-0.1, -0.05) is 23.9 Å². The first-order chi connectivity index (χ1) is 10.9. The Bertz CT molecular complexity index is 729. The topological polar surface area (TPSA) is 131 Å². The van der Waals surface area contributed by atoms with Gasteiger partial charge in [-0.3, -0.25) is 19.9 Å². The second kappa shape index (κ2) is 7.57. The van der Waals surface area contributed by atoms with Crippen LogP contribution in [0.1, 0.15) is 5.56 Å². The zero-order chi connectivity index (χ0) is 16.9. The quantitative estimate of drug-likeness (QED) is 0.609. The molecule has 0 saturated heterocycles. The summed E-state index contributed by atoms with van der Waals surface area (Å²) in [5.41, 5.74) is 0.814. The molecule has 2 rings (SSSR count). The van der Waals surface area contributed by atoms with Gasteiger partial charge in [-0.25, -0.2) is 13.6 Å². The van der Waals surface area contributed by atoms with Gasteiger partial charge in [0.15, 0.2) is 5.17 Å². The third-order valence-electron chi connectivity index (χ3n) is 2.96. The van der Waals surface area contributed by atoms with E-state index in [0.29, 0.717) is 18.1 Å². The Balaban J connectivity index is 1.77. The minimum absolute atomic E-state index is 0.0273. The van der Waals surface area contributed by atoms with E-state index in [9.17, 15) is 18.0 Å². The molecule has 8 nitrogen and oxygen atoms in total. The van der Waals surface area contributed by atoms with Crippen LogP contribution in [0.3, 0.4) is 0 Å².